The highest BCUT2D eigenvalue weighted by atomic mass is 16.5. The fraction of sp³-hybridized carbons (Fsp3) is 0.348. The van der Waals surface area contributed by atoms with E-state index in [1.807, 2.05) is 28.8 Å². The third kappa shape index (κ3) is 3.19. The van der Waals surface area contributed by atoms with Gasteiger partial charge in [-0.3, -0.25) is 9.20 Å². The maximum Gasteiger partial charge on any atom is 0.308 e. The van der Waals surface area contributed by atoms with Crippen molar-refractivity contribution in [3.63, 3.8) is 0 Å². The number of nitrogens with two attached hydrogens (primary N) is 1. The molecule has 0 radical (unpaired) electrons. The molecule has 0 saturated heterocycles. The van der Waals surface area contributed by atoms with Crippen LogP contribution in [0, 0.1) is 5.92 Å². The number of carbonyl (C=O) groups is 1. The average molecular weight is 419 g/mol. The average Bonchev–Trinajstić information content (AvgIpc) is 3.41. The van der Waals surface area contributed by atoms with Crippen LogP contribution < -0.4 is 10.5 Å². The molecule has 0 amide bonds. The van der Waals surface area contributed by atoms with Gasteiger partial charge in [0, 0.05) is 23.7 Å². The van der Waals surface area contributed by atoms with Crippen LogP contribution in [0.4, 0.5) is 5.82 Å². The second kappa shape index (κ2) is 7.61. The fourth-order valence-corrected chi connectivity index (χ4v) is 4.74. The van der Waals surface area contributed by atoms with Gasteiger partial charge >= 0.3 is 5.97 Å². The van der Waals surface area contributed by atoms with Crippen molar-refractivity contribution < 1.29 is 14.3 Å². The minimum atomic E-state index is -0.118. The Kier molecular flexibility index (Phi) is 4.77. The molecule has 5 rings (SSSR count). The van der Waals surface area contributed by atoms with Gasteiger partial charge in [0.1, 0.15) is 28.6 Å². The first kappa shape index (κ1) is 19.4. The molecule has 1 fully saturated rings. The van der Waals surface area contributed by atoms with E-state index in [9.17, 15) is 4.79 Å². The van der Waals surface area contributed by atoms with Crippen molar-refractivity contribution in [2.24, 2.45) is 5.92 Å². The zero-order chi connectivity index (χ0) is 21.5. The zero-order valence-corrected chi connectivity index (χ0v) is 17.6. The largest absolute Gasteiger partial charge is 0.495 e. The fourth-order valence-electron chi connectivity index (χ4n) is 4.74. The summed E-state index contributed by atoms with van der Waals surface area (Å²) >= 11 is 0. The molecular weight excluding hydrogens is 394 g/mol. The van der Waals surface area contributed by atoms with Crippen LogP contribution in [-0.2, 0) is 9.53 Å². The molecule has 1 aliphatic carbocycles. The number of nitrogen functional groups attached to an aromatic ring is 1. The number of aromatic nitrogens is 4. The van der Waals surface area contributed by atoms with Gasteiger partial charge in [0.25, 0.3) is 0 Å². The number of hydrogen-bond acceptors (Lipinski definition) is 6. The number of ether oxygens (including phenoxy) is 2. The summed E-state index contributed by atoms with van der Waals surface area (Å²) in [5, 5.41) is 1.04. The van der Waals surface area contributed by atoms with E-state index >= 15 is 0 Å². The van der Waals surface area contributed by atoms with Crippen LogP contribution in [0.2, 0.25) is 0 Å². The second-order valence-electron chi connectivity index (χ2n) is 8.03. The molecule has 0 atom stereocenters. The molecule has 0 aliphatic heterocycles. The molecule has 31 heavy (non-hydrogen) atoms. The summed E-state index contributed by atoms with van der Waals surface area (Å²) in [5.41, 5.74) is 9.64. The summed E-state index contributed by atoms with van der Waals surface area (Å²) in [6, 6.07) is 7.98. The Bertz CT molecular complexity index is 1270. The van der Waals surface area contributed by atoms with Crippen molar-refractivity contribution in [1.82, 2.24) is 19.4 Å². The van der Waals surface area contributed by atoms with Crippen molar-refractivity contribution in [2.45, 2.75) is 31.6 Å². The molecule has 3 N–H and O–H groups in total. The molecule has 1 saturated carbocycles. The number of methoxy groups -OCH3 is 2. The Hall–Kier alpha value is -3.55. The first-order valence-corrected chi connectivity index (χ1v) is 10.5. The first-order chi connectivity index (χ1) is 15.1. The molecule has 8 nitrogen and oxygen atoms in total. The van der Waals surface area contributed by atoms with Crippen molar-refractivity contribution in [1.29, 1.82) is 0 Å². The predicted octanol–water partition coefficient (Wildman–Crippen LogP) is 3.92. The van der Waals surface area contributed by atoms with Crippen molar-refractivity contribution in [3.05, 3.63) is 42.5 Å². The Morgan fingerprint density at radius 3 is 2.77 bits per heavy atom. The molecule has 1 aromatic carbocycles. The van der Waals surface area contributed by atoms with Gasteiger partial charge in [-0.2, -0.15) is 0 Å². The Morgan fingerprint density at radius 1 is 1.23 bits per heavy atom. The number of imidazole rings is 1. The quantitative estimate of drug-likeness (QED) is 0.486. The minimum Gasteiger partial charge on any atom is -0.495 e. The van der Waals surface area contributed by atoms with Crippen molar-refractivity contribution >= 4 is 28.2 Å². The van der Waals surface area contributed by atoms with Crippen LogP contribution in [0.25, 0.3) is 27.8 Å². The second-order valence-corrected chi connectivity index (χ2v) is 8.03. The summed E-state index contributed by atoms with van der Waals surface area (Å²) < 4.78 is 12.5. The van der Waals surface area contributed by atoms with Gasteiger partial charge in [0.15, 0.2) is 0 Å². The first-order valence-electron chi connectivity index (χ1n) is 10.5. The Labute approximate surface area is 179 Å². The minimum absolute atomic E-state index is 0.0279. The van der Waals surface area contributed by atoms with Gasteiger partial charge in [-0.05, 0) is 37.8 Å². The monoisotopic (exact) mass is 419 g/mol. The highest BCUT2D eigenvalue weighted by molar-refractivity contribution is 5.93. The Morgan fingerprint density at radius 2 is 2.03 bits per heavy atom. The predicted molar refractivity (Wildman–Crippen MR) is 118 cm³/mol. The normalized spacial score (nSPS) is 19.0. The van der Waals surface area contributed by atoms with Crippen molar-refractivity contribution in [3.8, 4) is 17.1 Å². The maximum atomic E-state index is 11.9. The number of para-hydroxylation sites is 1. The molecular formula is C23H25N5O3. The molecule has 1 aliphatic rings. The number of anilines is 1. The van der Waals surface area contributed by atoms with Crippen LogP contribution in [0.1, 0.15) is 37.4 Å². The summed E-state index contributed by atoms with van der Waals surface area (Å²) in [7, 11) is 3.11. The third-order valence-electron chi connectivity index (χ3n) is 6.33. The van der Waals surface area contributed by atoms with Gasteiger partial charge in [-0.1, -0.05) is 12.1 Å². The highest BCUT2D eigenvalue weighted by Gasteiger charge is 2.31. The number of nitrogens with zero attached hydrogens (tertiary/aromatic N) is 3. The topological polar surface area (TPSA) is 108 Å². The SMILES string of the molecule is COC(=O)C1CCC(c2nc(-c3cc4cccc(OC)c4[nH]3)c3c(N)nccn23)CC1. The lowest BCUT2D eigenvalue weighted by Crippen LogP contribution is -2.23. The van der Waals surface area contributed by atoms with Gasteiger partial charge in [-0.15, -0.1) is 0 Å². The molecule has 160 valence electrons. The Balaban J connectivity index is 1.59. The number of benzene rings is 1. The van der Waals surface area contributed by atoms with E-state index in [4.69, 9.17) is 20.2 Å². The van der Waals surface area contributed by atoms with E-state index < -0.39 is 0 Å². The van der Waals surface area contributed by atoms with Crippen LogP contribution >= 0.6 is 0 Å². The summed E-state index contributed by atoms with van der Waals surface area (Å²) in [6.45, 7) is 0. The van der Waals surface area contributed by atoms with Crippen LogP contribution in [-0.4, -0.2) is 39.5 Å². The lowest BCUT2D eigenvalue weighted by molar-refractivity contribution is -0.146. The summed E-state index contributed by atoms with van der Waals surface area (Å²) in [5.74, 6) is 2.26. The third-order valence-corrected chi connectivity index (χ3v) is 6.33. The molecule has 4 aromatic rings. The van der Waals surface area contributed by atoms with Crippen LogP contribution in [0.3, 0.4) is 0 Å². The van der Waals surface area contributed by atoms with Gasteiger partial charge < -0.3 is 20.2 Å². The van der Waals surface area contributed by atoms with E-state index in [-0.39, 0.29) is 17.8 Å². The molecule has 3 aromatic heterocycles. The molecule has 0 unspecified atom stereocenters. The van der Waals surface area contributed by atoms with Crippen molar-refractivity contribution in [2.75, 3.05) is 20.0 Å². The van der Waals surface area contributed by atoms with E-state index in [0.29, 0.717) is 5.82 Å². The number of H-pyrrole nitrogens is 1. The zero-order valence-electron chi connectivity index (χ0n) is 17.6. The summed E-state index contributed by atoms with van der Waals surface area (Å²) in [6.07, 6.45) is 6.96. The van der Waals surface area contributed by atoms with E-state index in [2.05, 4.69) is 16.0 Å². The lowest BCUT2D eigenvalue weighted by atomic mass is 9.81. The van der Waals surface area contributed by atoms with Gasteiger partial charge in [0.05, 0.1) is 31.3 Å². The highest BCUT2D eigenvalue weighted by Crippen LogP contribution is 2.39. The number of carbonyl (C=O) groups excluding carboxylic acids is 1. The summed E-state index contributed by atoms with van der Waals surface area (Å²) in [4.78, 5) is 24.7. The number of hydrogen-bond donors (Lipinski definition) is 2. The number of rotatable bonds is 4. The molecule has 0 spiro atoms. The lowest BCUT2D eigenvalue weighted by Gasteiger charge is -2.26. The maximum absolute atomic E-state index is 11.9. The molecule has 0 bridgehead atoms. The molecule has 3 heterocycles. The standard InChI is InChI=1S/C23H25N5O3/c1-30-17-5-3-4-15-12-16(26-18(15)17)19-20-21(24)25-10-11-28(20)22(27-19)13-6-8-14(9-7-13)23(29)31-2/h3-5,10-14,26H,6-9H2,1-2H3,(H2,24,25). The van der Waals surface area contributed by atoms with Gasteiger partial charge in [0.2, 0.25) is 0 Å². The number of esters is 1. The van der Waals surface area contributed by atoms with Crippen LogP contribution in [0.15, 0.2) is 36.7 Å². The van der Waals surface area contributed by atoms with E-state index in [1.54, 1.807) is 13.3 Å². The number of fused-ring (bicyclic) bond motifs is 2. The smallest absolute Gasteiger partial charge is 0.308 e. The van der Waals surface area contributed by atoms with E-state index in [1.165, 1.54) is 7.11 Å². The van der Waals surface area contributed by atoms with E-state index in [0.717, 1.165) is 65.1 Å². The van der Waals surface area contributed by atoms with Crippen LogP contribution in [0.5, 0.6) is 5.75 Å². The molecule has 8 heteroatoms. The number of nitrogens with one attached hydrogen (secondary N) is 1. The van der Waals surface area contributed by atoms with Gasteiger partial charge in [-0.25, -0.2) is 9.97 Å². The number of aromatic amines is 1.